The van der Waals surface area contributed by atoms with Crippen LogP contribution in [0.4, 0.5) is 16.2 Å². The van der Waals surface area contributed by atoms with E-state index in [-0.39, 0.29) is 11.7 Å². The van der Waals surface area contributed by atoms with Crippen LogP contribution in [-0.2, 0) is 4.79 Å². The summed E-state index contributed by atoms with van der Waals surface area (Å²) in [6, 6.07) is 8.38. The van der Waals surface area contributed by atoms with E-state index in [0.717, 1.165) is 37.9 Å². The van der Waals surface area contributed by atoms with Gasteiger partial charge in [-0.15, -0.1) is 0 Å². The summed E-state index contributed by atoms with van der Waals surface area (Å²) in [6.07, 6.45) is 8.47. The Morgan fingerprint density at radius 1 is 0.931 bits per heavy atom. The van der Waals surface area contributed by atoms with Crippen LogP contribution in [0.25, 0.3) is 6.08 Å². The van der Waals surface area contributed by atoms with Crippen LogP contribution in [0.5, 0.6) is 0 Å². The highest BCUT2D eigenvalue weighted by Crippen LogP contribution is 2.20. The lowest BCUT2D eigenvalue weighted by atomic mass is 10.1. The normalized spacial score (nSPS) is 17.8. The number of carbonyl (C=O) groups is 1. The maximum Gasteiger partial charge on any atom is 0.246 e. The topological polar surface area (TPSA) is 52.6 Å². The Hall–Kier alpha value is -2.96. The van der Waals surface area contributed by atoms with E-state index in [2.05, 4.69) is 14.8 Å². The first-order valence-electron chi connectivity index (χ1n) is 10.3. The van der Waals surface area contributed by atoms with Gasteiger partial charge < -0.3 is 14.7 Å². The van der Waals surface area contributed by atoms with E-state index in [1.54, 1.807) is 29.2 Å². The number of aromatic nitrogens is 2. The van der Waals surface area contributed by atoms with Crippen molar-refractivity contribution < 1.29 is 9.18 Å². The molecule has 2 aliphatic rings. The summed E-state index contributed by atoms with van der Waals surface area (Å²) in [5, 5.41) is 0. The molecule has 0 radical (unpaired) electrons. The molecule has 1 amide bonds. The number of rotatable bonds is 4. The molecular weight excluding hydrogens is 369 g/mol. The molecule has 0 spiro atoms. The summed E-state index contributed by atoms with van der Waals surface area (Å²) >= 11 is 0. The molecule has 2 aromatic rings. The predicted molar refractivity (Wildman–Crippen MR) is 112 cm³/mol. The van der Waals surface area contributed by atoms with Gasteiger partial charge in [0.25, 0.3) is 0 Å². The van der Waals surface area contributed by atoms with Crippen molar-refractivity contribution in [3.05, 3.63) is 54.0 Å². The summed E-state index contributed by atoms with van der Waals surface area (Å²) in [7, 11) is 0. The number of carbonyl (C=O) groups excluding carboxylic acids is 1. The Kier molecular flexibility index (Phi) is 6.03. The number of piperidine rings is 1. The van der Waals surface area contributed by atoms with Gasteiger partial charge in [0.05, 0.1) is 0 Å². The zero-order chi connectivity index (χ0) is 20.1. The van der Waals surface area contributed by atoms with Crippen molar-refractivity contribution in [1.29, 1.82) is 0 Å². The quantitative estimate of drug-likeness (QED) is 0.745. The van der Waals surface area contributed by atoms with Crippen LogP contribution >= 0.6 is 0 Å². The van der Waals surface area contributed by atoms with Gasteiger partial charge in [-0.1, -0.05) is 18.2 Å². The fourth-order valence-corrected chi connectivity index (χ4v) is 3.79. The van der Waals surface area contributed by atoms with Gasteiger partial charge in [-0.2, -0.15) is 4.98 Å². The predicted octanol–water partition coefficient (Wildman–Crippen LogP) is 2.97. The minimum atomic E-state index is -0.324. The zero-order valence-corrected chi connectivity index (χ0v) is 16.5. The van der Waals surface area contributed by atoms with Crippen molar-refractivity contribution in [3.8, 4) is 0 Å². The van der Waals surface area contributed by atoms with Crippen LogP contribution in [0, 0.1) is 5.82 Å². The van der Waals surface area contributed by atoms with Crippen LogP contribution in [0.3, 0.4) is 0 Å². The first-order valence-corrected chi connectivity index (χ1v) is 10.3. The molecule has 152 valence electrons. The molecule has 29 heavy (non-hydrogen) atoms. The van der Waals surface area contributed by atoms with Crippen LogP contribution in [-0.4, -0.2) is 60.0 Å². The van der Waals surface area contributed by atoms with Crippen molar-refractivity contribution in [3.63, 3.8) is 0 Å². The molecule has 0 unspecified atom stereocenters. The van der Waals surface area contributed by atoms with Crippen LogP contribution in [0.2, 0.25) is 0 Å². The summed E-state index contributed by atoms with van der Waals surface area (Å²) in [6.45, 7) is 4.69. The molecule has 2 aliphatic heterocycles. The average Bonchev–Trinajstić information content (AvgIpc) is 2.79. The number of piperazine rings is 1. The van der Waals surface area contributed by atoms with Crippen LogP contribution in [0.1, 0.15) is 24.8 Å². The van der Waals surface area contributed by atoms with E-state index in [9.17, 15) is 9.18 Å². The smallest absolute Gasteiger partial charge is 0.246 e. The lowest BCUT2D eigenvalue weighted by Crippen LogP contribution is -2.48. The number of hydrogen-bond acceptors (Lipinski definition) is 5. The lowest BCUT2D eigenvalue weighted by molar-refractivity contribution is -0.126. The van der Waals surface area contributed by atoms with Gasteiger partial charge in [0.15, 0.2) is 0 Å². The van der Waals surface area contributed by atoms with Gasteiger partial charge in [-0.25, -0.2) is 9.37 Å². The average molecular weight is 395 g/mol. The van der Waals surface area contributed by atoms with Gasteiger partial charge in [0.2, 0.25) is 11.9 Å². The maximum absolute atomic E-state index is 13.7. The number of halogens is 1. The van der Waals surface area contributed by atoms with E-state index >= 15 is 0 Å². The molecule has 0 bridgehead atoms. The second-order valence-corrected chi connectivity index (χ2v) is 7.43. The number of amides is 1. The zero-order valence-electron chi connectivity index (χ0n) is 16.5. The number of benzene rings is 1. The molecular formula is C22H26FN5O. The molecule has 6 nitrogen and oxygen atoms in total. The van der Waals surface area contributed by atoms with Gasteiger partial charge in [0, 0.05) is 57.1 Å². The third kappa shape index (κ3) is 4.72. The second-order valence-electron chi connectivity index (χ2n) is 7.43. The van der Waals surface area contributed by atoms with E-state index in [0.29, 0.717) is 18.7 Å². The fraction of sp³-hybridized carbons (Fsp3) is 0.409. The summed E-state index contributed by atoms with van der Waals surface area (Å²) in [4.78, 5) is 27.9. The monoisotopic (exact) mass is 395 g/mol. The molecule has 2 fully saturated rings. The highest BCUT2D eigenvalue weighted by Gasteiger charge is 2.22. The standard InChI is InChI=1S/C22H26FN5O/c23-19-7-3-2-6-18(19)8-9-21(29)27-16-14-26(15-17-27)20-10-11-24-22(25-20)28-12-4-1-5-13-28/h2-3,6-11H,1,4-5,12-17H2/b9-8+. The van der Waals surface area contributed by atoms with E-state index in [1.165, 1.54) is 31.4 Å². The molecule has 4 rings (SSSR count). The molecule has 3 heterocycles. The maximum atomic E-state index is 13.7. The van der Waals surface area contributed by atoms with E-state index in [1.807, 2.05) is 12.3 Å². The Balaban J connectivity index is 1.34. The highest BCUT2D eigenvalue weighted by atomic mass is 19.1. The van der Waals surface area contributed by atoms with Crippen molar-refractivity contribution in [2.24, 2.45) is 0 Å². The SMILES string of the molecule is O=C(/C=C/c1ccccc1F)N1CCN(c2ccnc(N3CCCCC3)n2)CC1. The van der Waals surface area contributed by atoms with Crippen LogP contribution in [0.15, 0.2) is 42.6 Å². The number of anilines is 2. The number of nitrogens with zero attached hydrogens (tertiary/aromatic N) is 5. The van der Waals surface area contributed by atoms with Crippen LogP contribution < -0.4 is 9.80 Å². The Morgan fingerprint density at radius 3 is 2.45 bits per heavy atom. The Morgan fingerprint density at radius 2 is 1.69 bits per heavy atom. The largest absolute Gasteiger partial charge is 0.353 e. The van der Waals surface area contributed by atoms with Gasteiger partial charge in [-0.3, -0.25) is 4.79 Å². The summed E-state index contributed by atoms with van der Waals surface area (Å²) < 4.78 is 13.7. The lowest BCUT2D eigenvalue weighted by Gasteiger charge is -2.35. The first kappa shape index (κ1) is 19.4. The fourth-order valence-electron chi connectivity index (χ4n) is 3.79. The molecule has 7 heteroatoms. The van der Waals surface area contributed by atoms with Gasteiger partial charge in [0.1, 0.15) is 11.6 Å². The Bertz CT molecular complexity index is 873. The highest BCUT2D eigenvalue weighted by molar-refractivity contribution is 5.92. The first-order chi connectivity index (χ1) is 14.2. The molecule has 2 saturated heterocycles. The van der Waals surface area contributed by atoms with Crippen molar-refractivity contribution in [2.45, 2.75) is 19.3 Å². The Labute approximate surface area is 170 Å². The third-order valence-electron chi connectivity index (χ3n) is 5.49. The molecule has 0 aliphatic carbocycles. The van der Waals surface area contributed by atoms with E-state index < -0.39 is 0 Å². The molecule has 0 atom stereocenters. The molecule has 0 saturated carbocycles. The molecule has 0 N–H and O–H groups in total. The minimum absolute atomic E-state index is 0.0930. The third-order valence-corrected chi connectivity index (χ3v) is 5.49. The molecule has 1 aromatic carbocycles. The van der Waals surface area contributed by atoms with Crippen molar-refractivity contribution >= 4 is 23.7 Å². The van der Waals surface area contributed by atoms with Gasteiger partial charge in [-0.05, 0) is 37.5 Å². The molecule has 1 aromatic heterocycles. The van der Waals surface area contributed by atoms with E-state index in [4.69, 9.17) is 4.98 Å². The van der Waals surface area contributed by atoms with Crippen molar-refractivity contribution in [1.82, 2.24) is 14.9 Å². The number of hydrogen-bond donors (Lipinski definition) is 0. The summed E-state index contributed by atoms with van der Waals surface area (Å²) in [5.74, 6) is 1.29. The van der Waals surface area contributed by atoms with Gasteiger partial charge >= 0.3 is 0 Å². The minimum Gasteiger partial charge on any atom is -0.353 e. The second kappa shape index (κ2) is 9.03. The van der Waals surface area contributed by atoms with Crippen molar-refractivity contribution in [2.75, 3.05) is 49.1 Å². The summed E-state index contributed by atoms with van der Waals surface area (Å²) in [5.41, 5.74) is 0.422.